The summed E-state index contributed by atoms with van der Waals surface area (Å²) in [6.07, 6.45) is 2.10. The van der Waals surface area contributed by atoms with E-state index in [1.54, 1.807) is 6.07 Å². The van der Waals surface area contributed by atoms with Crippen LogP contribution in [0.4, 0.5) is 18.9 Å². The maximum Gasteiger partial charge on any atom is 0.446 e. The van der Waals surface area contributed by atoms with Crippen LogP contribution in [-0.2, 0) is 4.79 Å². The number of anilines is 1. The number of amides is 1. The van der Waals surface area contributed by atoms with Crippen molar-refractivity contribution >= 4 is 23.4 Å². The first-order chi connectivity index (χ1) is 8.94. The second-order valence-corrected chi connectivity index (χ2v) is 5.35. The van der Waals surface area contributed by atoms with Crippen molar-refractivity contribution in [2.75, 3.05) is 11.9 Å². The highest BCUT2D eigenvalue weighted by Crippen LogP contribution is 2.40. The second-order valence-electron chi connectivity index (χ2n) is 4.25. The predicted octanol–water partition coefficient (Wildman–Crippen LogP) is 2.99. The molecule has 1 aliphatic rings. The van der Waals surface area contributed by atoms with Crippen molar-refractivity contribution in [2.24, 2.45) is 0 Å². The zero-order valence-electron chi connectivity index (χ0n) is 9.96. The number of alkyl halides is 3. The Bertz CT molecular complexity index is 461. The minimum atomic E-state index is -4.37. The molecule has 0 aliphatic heterocycles. The first-order valence-electron chi connectivity index (χ1n) is 5.82. The minimum Gasteiger partial charge on any atom is -0.324 e. The van der Waals surface area contributed by atoms with Crippen LogP contribution in [0.25, 0.3) is 0 Å². The van der Waals surface area contributed by atoms with Gasteiger partial charge in [0, 0.05) is 10.9 Å². The molecule has 0 aromatic heterocycles. The molecule has 1 saturated carbocycles. The van der Waals surface area contributed by atoms with E-state index in [9.17, 15) is 18.0 Å². The molecule has 3 nitrogen and oxygen atoms in total. The van der Waals surface area contributed by atoms with Crippen LogP contribution in [0.15, 0.2) is 29.2 Å². The first-order valence-corrected chi connectivity index (χ1v) is 6.64. The van der Waals surface area contributed by atoms with E-state index in [4.69, 9.17) is 0 Å². The van der Waals surface area contributed by atoms with Gasteiger partial charge in [0.2, 0.25) is 5.91 Å². The van der Waals surface area contributed by atoms with E-state index in [-0.39, 0.29) is 34.8 Å². The highest BCUT2D eigenvalue weighted by atomic mass is 32.2. The van der Waals surface area contributed by atoms with E-state index in [0.717, 1.165) is 12.8 Å². The average molecular weight is 290 g/mol. The molecule has 0 saturated heterocycles. The SMILES string of the molecule is O=C(CNC1CC1)Nc1ccccc1SC(F)(F)F. The summed E-state index contributed by atoms with van der Waals surface area (Å²) in [5.74, 6) is -0.331. The van der Waals surface area contributed by atoms with Crippen molar-refractivity contribution in [3.8, 4) is 0 Å². The molecule has 2 N–H and O–H groups in total. The predicted molar refractivity (Wildman–Crippen MR) is 68.0 cm³/mol. The third kappa shape index (κ3) is 5.12. The molecule has 0 spiro atoms. The van der Waals surface area contributed by atoms with Gasteiger partial charge in [0.05, 0.1) is 12.2 Å². The van der Waals surface area contributed by atoms with Crippen molar-refractivity contribution in [1.29, 1.82) is 0 Å². The number of carbonyl (C=O) groups excluding carboxylic acids is 1. The zero-order valence-corrected chi connectivity index (χ0v) is 10.8. The second kappa shape index (κ2) is 5.83. The van der Waals surface area contributed by atoms with Crippen LogP contribution in [-0.4, -0.2) is 24.0 Å². The number of benzene rings is 1. The molecule has 1 fully saturated rings. The molecule has 7 heteroatoms. The molecule has 1 aromatic carbocycles. The van der Waals surface area contributed by atoms with Crippen molar-refractivity contribution in [3.63, 3.8) is 0 Å². The van der Waals surface area contributed by atoms with Crippen LogP contribution in [0.5, 0.6) is 0 Å². The fourth-order valence-corrected chi connectivity index (χ4v) is 2.13. The minimum absolute atomic E-state index is 0.00484. The summed E-state index contributed by atoms with van der Waals surface area (Å²) < 4.78 is 37.1. The van der Waals surface area contributed by atoms with E-state index in [2.05, 4.69) is 10.6 Å². The van der Waals surface area contributed by atoms with Gasteiger partial charge in [-0.2, -0.15) is 13.2 Å². The van der Waals surface area contributed by atoms with Gasteiger partial charge >= 0.3 is 5.51 Å². The number of hydrogen-bond acceptors (Lipinski definition) is 3. The zero-order chi connectivity index (χ0) is 13.9. The Hall–Kier alpha value is -1.21. The quantitative estimate of drug-likeness (QED) is 0.819. The fraction of sp³-hybridized carbons (Fsp3) is 0.417. The third-order valence-electron chi connectivity index (χ3n) is 2.52. The highest BCUT2D eigenvalue weighted by molar-refractivity contribution is 8.00. The molecule has 1 aromatic rings. The number of halogens is 3. The summed E-state index contributed by atoms with van der Waals surface area (Å²) in [6, 6.07) is 6.27. The lowest BCUT2D eigenvalue weighted by molar-refractivity contribution is -0.115. The first kappa shape index (κ1) is 14.2. The van der Waals surface area contributed by atoms with Crippen molar-refractivity contribution in [3.05, 3.63) is 24.3 Å². The Balaban J connectivity index is 1.96. The summed E-state index contributed by atoms with van der Waals surface area (Å²) in [6.45, 7) is 0.121. The number of hydrogen-bond donors (Lipinski definition) is 2. The molecule has 1 aliphatic carbocycles. The van der Waals surface area contributed by atoms with Crippen molar-refractivity contribution in [2.45, 2.75) is 29.3 Å². The van der Waals surface area contributed by atoms with Crippen LogP contribution >= 0.6 is 11.8 Å². The summed E-state index contributed by atoms with van der Waals surface area (Å²) in [5.41, 5.74) is -4.18. The van der Waals surface area contributed by atoms with E-state index >= 15 is 0 Å². The number of para-hydroxylation sites is 1. The van der Waals surface area contributed by atoms with E-state index < -0.39 is 5.51 Å². The van der Waals surface area contributed by atoms with Gasteiger partial charge < -0.3 is 10.6 Å². The maximum atomic E-state index is 12.4. The van der Waals surface area contributed by atoms with Crippen LogP contribution in [0.3, 0.4) is 0 Å². The number of nitrogens with one attached hydrogen (secondary N) is 2. The number of carbonyl (C=O) groups is 1. The largest absolute Gasteiger partial charge is 0.446 e. The smallest absolute Gasteiger partial charge is 0.324 e. The molecule has 0 radical (unpaired) electrons. The van der Waals surface area contributed by atoms with Gasteiger partial charge in [-0.1, -0.05) is 12.1 Å². The standard InChI is InChI=1S/C12H13F3N2OS/c13-12(14,15)19-10-4-2-1-3-9(10)17-11(18)7-16-8-5-6-8/h1-4,8,16H,5-7H2,(H,17,18). The van der Waals surface area contributed by atoms with Gasteiger partial charge in [-0.25, -0.2) is 0 Å². The molecule has 0 atom stereocenters. The normalized spacial score (nSPS) is 15.3. The Kier molecular flexibility index (Phi) is 4.36. The Morgan fingerprint density at radius 3 is 2.63 bits per heavy atom. The van der Waals surface area contributed by atoms with Crippen molar-refractivity contribution in [1.82, 2.24) is 5.32 Å². The van der Waals surface area contributed by atoms with E-state index in [1.807, 2.05) is 0 Å². The van der Waals surface area contributed by atoms with Crippen LogP contribution in [0.2, 0.25) is 0 Å². The Morgan fingerprint density at radius 1 is 1.32 bits per heavy atom. The summed E-state index contributed by atoms with van der Waals surface area (Å²) in [4.78, 5) is 11.6. The molecular weight excluding hydrogens is 277 g/mol. The van der Waals surface area contributed by atoms with Crippen molar-refractivity contribution < 1.29 is 18.0 Å². The lowest BCUT2D eigenvalue weighted by Gasteiger charge is -2.12. The van der Waals surface area contributed by atoms with Gasteiger partial charge in [-0.05, 0) is 36.7 Å². The lowest BCUT2D eigenvalue weighted by atomic mass is 10.3. The van der Waals surface area contributed by atoms with Gasteiger partial charge in [0.15, 0.2) is 0 Å². The maximum absolute atomic E-state index is 12.4. The molecule has 0 unspecified atom stereocenters. The van der Waals surface area contributed by atoms with Crippen LogP contribution in [0.1, 0.15) is 12.8 Å². The number of thioether (sulfide) groups is 1. The lowest BCUT2D eigenvalue weighted by Crippen LogP contribution is -2.29. The molecule has 1 amide bonds. The summed E-state index contributed by atoms with van der Waals surface area (Å²) >= 11 is -0.229. The topological polar surface area (TPSA) is 41.1 Å². The molecule has 0 bridgehead atoms. The summed E-state index contributed by atoms with van der Waals surface area (Å²) in [7, 11) is 0. The fourth-order valence-electron chi connectivity index (χ4n) is 1.50. The van der Waals surface area contributed by atoms with Gasteiger partial charge in [0.25, 0.3) is 0 Å². The van der Waals surface area contributed by atoms with Crippen LogP contribution in [0, 0.1) is 0 Å². The Labute approximate surface area is 112 Å². The Morgan fingerprint density at radius 2 is 2.00 bits per heavy atom. The highest BCUT2D eigenvalue weighted by Gasteiger charge is 2.30. The van der Waals surface area contributed by atoms with Gasteiger partial charge in [-0.3, -0.25) is 4.79 Å². The molecule has 0 heterocycles. The number of rotatable bonds is 5. The molecule has 19 heavy (non-hydrogen) atoms. The van der Waals surface area contributed by atoms with Crippen LogP contribution < -0.4 is 10.6 Å². The molecule has 2 rings (SSSR count). The third-order valence-corrected chi connectivity index (χ3v) is 3.32. The van der Waals surface area contributed by atoms with Gasteiger partial charge in [0.1, 0.15) is 0 Å². The molecule has 104 valence electrons. The molecular formula is C12H13F3N2OS. The van der Waals surface area contributed by atoms with Gasteiger partial charge in [-0.15, -0.1) is 0 Å². The average Bonchev–Trinajstić information content (AvgIpc) is 3.11. The van der Waals surface area contributed by atoms with E-state index in [1.165, 1.54) is 18.2 Å². The monoisotopic (exact) mass is 290 g/mol. The summed E-state index contributed by atoms with van der Waals surface area (Å²) in [5, 5.41) is 5.50. The van der Waals surface area contributed by atoms with E-state index in [0.29, 0.717) is 6.04 Å².